The summed E-state index contributed by atoms with van der Waals surface area (Å²) < 4.78 is 21.6. The molecule has 1 aliphatic rings. The third kappa shape index (κ3) is 3.91. The highest BCUT2D eigenvalue weighted by Crippen LogP contribution is 2.39. The number of carbonyl (C=O) groups excluding carboxylic acids is 1. The third-order valence-corrected chi connectivity index (χ3v) is 5.11. The maximum Gasteiger partial charge on any atom is 0.281 e. The lowest BCUT2D eigenvalue weighted by Crippen LogP contribution is -2.31. The number of anilines is 1. The van der Waals surface area contributed by atoms with Gasteiger partial charge >= 0.3 is 0 Å². The zero-order valence-corrected chi connectivity index (χ0v) is 18.4. The normalized spacial score (nSPS) is 15.0. The van der Waals surface area contributed by atoms with E-state index in [1.165, 1.54) is 4.90 Å². The molecule has 158 valence electrons. The van der Waals surface area contributed by atoms with Crippen LogP contribution in [-0.2, 0) is 4.79 Å². The number of nitrogens with zero attached hydrogens (tertiary/aromatic N) is 2. The predicted octanol–water partition coefficient (Wildman–Crippen LogP) is 3.72. The van der Waals surface area contributed by atoms with Crippen LogP contribution in [-0.4, -0.2) is 50.9 Å². The van der Waals surface area contributed by atoms with Crippen molar-refractivity contribution in [1.82, 2.24) is 4.90 Å². The van der Waals surface area contributed by atoms with Crippen LogP contribution in [0.25, 0.3) is 6.08 Å². The summed E-state index contributed by atoms with van der Waals surface area (Å²) in [5.74, 6) is 2.01. The zero-order chi connectivity index (χ0) is 21.8. The lowest BCUT2D eigenvalue weighted by molar-refractivity contribution is -0.114. The first-order chi connectivity index (χ1) is 14.4. The maximum absolute atomic E-state index is 13.2. The number of methoxy groups -OCH3 is 3. The van der Waals surface area contributed by atoms with Gasteiger partial charge in [0.1, 0.15) is 11.4 Å². The van der Waals surface area contributed by atoms with Crippen molar-refractivity contribution in [3.63, 3.8) is 0 Å². The SMILES string of the molecule is CCOc1ccc(N2C(=O)/C(=C/c3cc(OC)c(OC)c(OC)c3)N(C)C2=S)cc1. The Bertz CT molecular complexity index is 963. The molecule has 1 saturated heterocycles. The lowest BCUT2D eigenvalue weighted by atomic mass is 10.1. The number of hydrogen-bond acceptors (Lipinski definition) is 6. The van der Waals surface area contributed by atoms with Crippen LogP contribution in [0.3, 0.4) is 0 Å². The Kier molecular flexibility index (Phi) is 6.47. The molecule has 8 heteroatoms. The number of thiocarbonyl (C=S) groups is 1. The van der Waals surface area contributed by atoms with Crippen molar-refractivity contribution in [2.24, 2.45) is 0 Å². The lowest BCUT2D eigenvalue weighted by Gasteiger charge is -2.16. The van der Waals surface area contributed by atoms with Gasteiger partial charge in [0.2, 0.25) is 5.75 Å². The molecule has 0 bridgehead atoms. The summed E-state index contributed by atoms with van der Waals surface area (Å²) >= 11 is 5.53. The highest BCUT2D eigenvalue weighted by Gasteiger charge is 2.36. The van der Waals surface area contributed by atoms with Crippen LogP contribution in [0.1, 0.15) is 12.5 Å². The van der Waals surface area contributed by atoms with Crippen molar-refractivity contribution in [2.75, 3.05) is 39.9 Å². The summed E-state index contributed by atoms with van der Waals surface area (Å²) in [5.41, 5.74) is 1.83. The third-order valence-electron chi connectivity index (χ3n) is 4.66. The molecular weight excluding hydrogens is 404 g/mol. The van der Waals surface area contributed by atoms with Crippen LogP contribution in [0.5, 0.6) is 23.0 Å². The van der Waals surface area contributed by atoms with E-state index >= 15 is 0 Å². The van der Waals surface area contributed by atoms with Gasteiger partial charge in [0.25, 0.3) is 5.91 Å². The monoisotopic (exact) mass is 428 g/mol. The number of amides is 1. The number of carbonyl (C=O) groups is 1. The highest BCUT2D eigenvalue weighted by atomic mass is 32.1. The molecule has 0 N–H and O–H groups in total. The Labute approximate surface area is 181 Å². The molecule has 0 saturated carbocycles. The van der Waals surface area contributed by atoms with E-state index in [1.54, 1.807) is 51.5 Å². The van der Waals surface area contributed by atoms with Gasteiger partial charge in [-0.15, -0.1) is 0 Å². The van der Waals surface area contributed by atoms with E-state index in [0.29, 0.717) is 40.4 Å². The fourth-order valence-electron chi connectivity index (χ4n) is 3.18. The van der Waals surface area contributed by atoms with Crippen molar-refractivity contribution in [3.05, 3.63) is 47.7 Å². The predicted molar refractivity (Wildman–Crippen MR) is 120 cm³/mol. The smallest absolute Gasteiger partial charge is 0.281 e. The van der Waals surface area contributed by atoms with Crippen molar-refractivity contribution in [3.8, 4) is 23.0 Å². The summed E-state index contributed by atoms with van der Waals surface area (Å²) in [4.78, 5) is 16.4. The van der Waals surface area contributed by atoms with Gasteiger partial charge in [0.15, 0.2) is 16.6 Å². The van der Waals surface area contributed by atoms with Gasteiger partial charge in [-0.1, -0.05) is 0 Å². The standard InChI is InChI=1S/C22H24N2O5S/c1-6-29-16-9-7-15(8-10-16)24-21(25)17(23(2)22(24)30)11-14-12-18(26-3)20(28-5)19(13-14)27-4/h7-13H,6H2,1-5H3/b17-11-. The fraction of sp³-hybridized carbons (Fsp3) is 0.273. The maximum atomic E-state index is 13.2. The largest absolute Gasteiger partial charge is 0.494 e. The molecular formula is C22H24N2O5S. The van der Waals surface area contributed by atoms with Crippen LogP contribution in [0.15, 0.2) is 42.1 Å². The fourth-order valence-corrected chi connectivity index (χ4v) is 3.47. The van der Waals surface area contributed by atoms with Gasteiger partial charge in [-0.2, -0.15) is 0 Å². The average Bonchev–Trinajstić information content (AvgIpc) is 2.97. The van der Waals surface area contributed by atoms with Crippen LogP contribution in [0.4, 0.5) is 5.69 Å². The van der Waals surface area contributed by atoms with E-state index in [0.717, 1.165) is 11.3 Å². The van der Waals surface area contributed by atoms with Crippen LogP contribution in [0, 0.1) is 0 Å². The van der Waals surface area contributed by atoms with Crippen LogP contribution >= 0.6 is 12.2 Å². The second-order valence-electron chi connectivity index (χ2n) is 6.40. The molecule has 30 heavy (non-hydrogen) atoms. The Balaban J connectivity index is 1.98. The molecule has 1 amide bonds. The van der Waals surface area contributed by atoms with Gasteiger partial charge in [0.05, 0.1) is 33.6 Å². The Hall–Kier alpha value is -3.26. The molecule has 1 fully saturated rings. The summed E-state index contributed by atoms with van der Waals surface area (Å²) in [6, 6.07) is 10.8. The van der Waals surface area contributed by atoms with Gasteiger partial charge in [-0.3, -0.25) is 9.69 Å². The van der Waals surface area contributed by atoms with E-state index in [2.05, 4.69) is 0 Å². The molecule has 1 aliphatic heterocycles. The molecule has 7 nitrogen and oxygen atoms in total. The minimum atomic E-state index is -0.222. The molecule has 0 atom stereocenters. The Morgan fingerprint density at radius 2 is 1.60 bits per heavy atom. The van der Waals surface area contributed by atoms with Crippen LogP contribution in [0.2, 0.25) is 0 Å². The average molecular weight is 429 g/mol. The quantitative estimate of drug-likeness (QED) is 0.492. The second-order valence-corrected chi connectivity index (χ2v) is 6.76. The van der Waals surface area contributed by atoms with Crippen molar-refractivity contribution in [2.45, 2.75) is 6.92 Å². The molecule has 0 aromatic heterocycles. The first-order valence-electron chi connectivity index (χ1n) is 9.31. The van der Waals surface area contributed by atoms with E-state index in [-0.39, 0.29) is 5.91 Å². The zero-order valence-electron chi connectivity index (χ0n) is 17.6. The van der Waals surface area contributed by atoms with Crippen molar-refractivity contribution in [1.29, 1.82) is 0 Å². The second kappa shape index (κ2) is 9.04. The van der Waals surface area contributed by atoms with Gasteiger partial charge in [-0.25, -0.2) is 0 Å². The van der Waals surface area contributed by atoms with Gasteiger partial charge in [0, 0.05) is 7.05 Å². The summed E-state index contributed by atoms with van der Waals surface area (Å²) in [6.07, 6.45) is 1.74. The number of rotatable bonds is 7. The molecule has 2 aromatic rings. The molecule has 0 unspecified atom stereocenters. The molecule has 2 aromatic carbocycles. The minimum absolute atomic E-state index is 0.222. The van der Waals surface area contributed by atoms with E-state index in [9.17, 15) is 4.79 Å². The van der Waals surface area contributed by atoms with Crippen LogP contribution < -0.4 is 23.8 Å². The topological polar surface area (TPSA) is 60.5 Å². The number of hydrogen-bond donors (Lipinski definition) is 0. The summed E-state index contributed by atoms with van der Waals surface area (Å²) in [6.45, 7) is 2.49. The van der Waals surface area contributed by atoms with Gasteiger partial charge < -0.3 is 23.8 Å². The molecule has 3 rings (SSSR count). The molecule has 1 heterocycles. The molecule has 0 radical (unpaired) electrons. The Morgan fingerprint density at radius 3 is 2.10 bits per heavy atom. The number of likely N-dealkylation sites (N-methyl/N-ethyl adjacent to an activating group) is 1. The molecule has 0 aliphatic carbocycles. The summed E-state index contributed by atoms with van der Waals surface area (Å²) in [5, 5.41) is 0.392. The minimum Gasteiger partial charge on any atom is -0.494 e. The number of benzene rings is 2. The number of ether oxygens (including phenoxy) is 4. The van der Waals surface area contributed by atoms with Crippen molar-refractivity contribution < 1.29 is 23.7 Å². The Morgan fingerprint density at radius 1 is 1.00 bits per heavy atom. The summed E-state index contributed by atoms with van der Waals surface area (Å²) in [7, 11) is 6.40. The van der Waals surface area contributed by atoms with E-state index < -0.39 is 0 Å². The molecule has 0 spiro atoms. The van der Waals surface area contributed by atoms with E-state index in [1.807, 2.05) is 31.2 Å². The first kappa shape index (κ1) is 21.4. The highest BCUT2D eigenvalue weighted by molar-refractivity contribution is 7.80. The van der Waals surface area contributed by atoms with Gasteiger partial charge in [-0.05, 0) is 67.2 Å². The van der Waals surface area contributed by atoms with Crippen molar-refractivity contribution >= 4 is 35.0 Å². The van der Waals surface area contributed by atoms with E-state index in [4.69, 9.17) is 31.2 Å². The first-order valence-corrected chi connectivity index (χ1v) is 9.72.